The zero-order valence-electron chi connectivity index (χ0n) is 22.7. The molecular weight excluding hydrogens is 464 g/mol. The van der Waals surface area contributed by atoms with E-state index in [0.717, 1.165) is 18.4 Å². The summed E-state index contributed by atoms with van der Waals surface area (Å²) >= 11 is 0. The summed E-state index contributed by atoms with van der Waals surface area (Å²) in [4.78, 5) is 23.5. The third-order valence-corrected chi connectivity index (χ3v) is 6.39. The number of carbonyl (C=O) groups is 2. The molecule has 0 heterocycles. The van der Waals surface area contributed by atoms with Crippen LogP contribution in [0.4, 0.5) is 0 Å². The maximum atomic E-state index is 12.3. The summed E-state index contributed by atoms with van der Waals surface area (Å²) in [6.07, 6.45) is 1.72. The number of hydrogen-bond donors (Lipinski definition) is 3. The van der Waals surface area contributed by atoms with Crippen LogP contribution in [-0.2, 0) is 25.5 Å². The average molecular weight is 511 g/mol. The standard InChI is InChI=1S/C27H46N2O7/c1-18(2)21(15-20-8-9-24(34-5)25(16-20)36-13-7-12-33-4)17-22(28)23(30)14-19(3)27(32)29-11-10-26(31)35-6/h8-9,16,18-19,21-23,30H,7,10-15,17,28H2,1-6H3,(H,29,32)/t19-,21+,22+,23+/m1/s1. The van der Waals surface area contributed by atoms with E-state index in [2.05, 4.69) is 23.9 Å². The molecule has 4 N–H and O–H groups in total. The highest BCUT2D eigenvalue weighted by Gasteiger charge is 2.26. The number of esters is 1. The first-order valence-electron chi connectivity index (χ1n) is 12.7. The molecule has 0 aromatic heterocycles. The largest absolute Gasteiger partial charge is 0.493 e. The predicted octanol–water partition coefficient (Wildman–Crippen LogP) is 2.71. The minimum atomic E-state index is -0.817. The van der Waals surface area contributed by atoms with Gasteiger partial charge in [-0.15, -0.1) is 0 Å². The molecule has 1 rings (SSSR count). The van der Waals surface area contributed by atoms with Crippen LogP contribution < -0.4 is 20.5 Å². The minimum Gasteiger partial charge on any atom is -0.493 e. The first kappa shape index (κ1) is 31.7. The van der Waals surface area contributed by atoms with Crippen LogP contribution in [-0.4, -0.2) is 70.2 Å². The number of ether oxygens (including phenoxy) is 4. The van der Waals surface area contributed by atoms with Gasteiger partial charge in [-0.2, -0.15) is 0 Å². The van der Waals surface area contributed by atoms with Gasteiger partial charge in [-0.25, -0.2) is 0 Å². The van der Waals surface area contributed by atoms with Crippen molar-refractivity contribution in [2.45, 2.75) is 65.0 Å². The maximum Gasteiger partial charge on any atom is 0.307 e. The highest BCUT2D eigenvalue weighted by molar-refractivity contribution is 5.79. The molecule has 0 radical (unpaired) electrons. The van der Waals surface area contributed by atoms with E-state index >= 15 is 0 Å². The highest BCUT2D eigenvalue weighted by Crippen LogP contribution is 2.31. The van der Waals surface area contributed by atoms with Crippen molar-refractivity contribution in [3.05, 3.63) is 23.8 Å². The number of aliphatic hydroxyl groups is 1. The van der Waals surface area contributed by atoms with Crippen LogP contribution in [0.15, 0.2) is 18.2 Å². The van der Waals surface area contributed by atoms with Gasteiger partial charge in [0.2, 0.25) is 5.91 Å². The van der Waals surface area contributed by atoms with E-state index in [4.69, 9.17) is 19.9 Å². The van der Waals surface area contributed by atoms with E-state index < -0.39 is 18.1 Å². The summed E-state index contributed by atoms with van der Waals surface area (Å²) in [5.74, 6) is 0.922. The first-order valence-corrected chi connectivity index (χ1v) is 12.7. The Balaban J connectivity index is 2.70. The molecule has 0 fully saturated rings. The predicted molar refractivity (Wildman–Crippen MR) is 139 cm³/mol. The van der Waals surface area contributed by atoms with Crippen molar-refractivity contribution in [3.63, 3.8) is 0 Å². The van der Waals surface area contributed by atoms with Gasteiger partial charge in [-0.1, -0.05) is 26.8 Å². The van der Waals surface area contributed by atoms with Crippen LogP contribution in [0.2, 0.25) is 0 Å². The zero-order chi connectivity index (χ0) is 27.1. The Kier molecular flexibility index (Phi) is 15.1. The maximum absolute atomic E-state index is 12.3. The van der Waals surface area contributed by atoms with Gasteiger partial charge >= 0.3 is 5.97 Å². The second kappa shape index (κ2) is 17.2. The molecule has 4 atom stereocenters. The number of aliphatic hydroxyl groups excluding tert-OH is 1. The molecule has 0 spiro atoms. The number of benzene rings is 1. The molecule has 9 heteroatoms. The second-order valence-electron chi connectivity index (χ2n) is 9.61. The zero-order valence-corrected chi connectivity index (χ0v) is 22.7. The molecule has 36 heavy (non-hydrogen) atoms. The van der Waals surface area contributed by atoms with Crippen LogP contribution in [0.1, 0.15) is 52.0 Å². The fourth-order valence-corrected chi connectivity index (χ4v) is 3.96. The third kappa shape index (κ3) is 11.6. The normalized spacial score (nSPS) is 14.6. The summed E-state index contributed by atoms with van der Waals surface area (Å²) in [5, 5.41) is 13.4. The topological polar surface area (TPSA) is 129 Å². The SMILES string of the molecule is COCCCOc1cc(C[C@@H](C[C@H](N)[C@@H](O)C[C@@H](C)C(=O)NCCC(=O)OC)C(C)C)ccc1OC. The first-order chi connectivity index (χ1) is 17.1. The molecule has 0 bridgehead atoms. The van der Waals surface area contributed by atoms with E-state index in [0.29, 0.717) is 37.1 Å². The molecule has 0 aliphatic rings. The smallest absolute Gasteiger partial charge is 0.307 e. The lowest BCUT2D eigenvalue weighted by Gasteiger charge is -2.28. The van der Waals surface area contributed by atoms with Crippen LogP contribution in [0.5, 0.6) is 11.5 Å². The van der Waals surface area contributed by atoms with Crippen LogP contribution in [0.3, 0.4) is 0 Å². The molecule has 0 aliphatic carbocycles. The summed E-state index contributed by atoms with van der Waals surface area (Å²) in [6.45, 7) is 7.40. The lowest BCUT2D eigenvalue weighted by Crippen LogP contribution is -2.41. The van der Waals surface area contributed by atoms with E-state index in [1.807, 2.05) is 18.2 Å². The Morgan fingerprint density at radius 1 is 1.06 bits per heavy atom. The average Bonchev–Trinajstić information content (AvgIpc) is 2.85. The molecule has 206 valence electrons. The molecular formula is C27H46N2O7. The Bertz CT molecular complexity index is 787. The number of rotatable bonds is 18. The van der Waals surface area contributed by atoms with E-state index in [-0.39, 0.29) is 37.2 Å². The van der Waals surface area contributed by atoms with Gasteiger partial charge in [0.1, 0.15) is 0 Å². The van der Waals surface area contributed by atoms with Gasteiger partial charge in [-0.3, -0.25) is 9.59 Å². The Morgan fingerprint density at radius 2 is 1.78 bits per heavy atom. The molecule has 0 unspecified atom stereocenters. The van der Waals surface area contributed by atoms with Gasteiger partial charge in [0, 0.05) is 38.6 Å². The molecule has 0 saturated heterocycles. The molecule has 0 aliphatic heterocycles. The van der Waals surface area contributed by atoms with Gasteiger partial charge in [0.15, 0.2) is 11.5 Å². The van der Waals surface area contributed by atoms with Crippen molar-refractivity contribution in [2.24, 2.45) is 23.5 Å². The Morgan fingerprint density at radius 3 is 2.39 bits per heavy atom. The van der Waals surface area contributed by atoms with Gasteiger partial charge in [-0.05, 0) is 48.8 Å². The molecule has 1 aromatic rings. The lowest BCUT2D eigenvalue weighted by atomic mass is 9.82. The van der Waals surface area contributed by atoms with Crippen molar-refractivity contribution in [2.75, 3.05) is 41.1 Å². The van der Waals surface area contributed by atoms with Crippen molar-refractivity contribution < 1.29 is 33.6 Å². The molecule has 0 saturated carbocycles. The van der Waals surface area contributed by atoms with Crippen LogP contribution >= 0.6 is 0 Å². The number of nitrogens with two attached hydrogens (primary N) is 1. The fraction of sp³-hybridized carbons (Fsp3) is 0.704. The Hall–Kier alpha value is -2.36. The monoisotopic (exact) mass is 510 g/mol. The minimum absolute atomic E-state index is 0.109. The van der Waals surface area contributed by atoms with Crippen molar-refractivity contribution >= 4 is 11.9 Å². The number of carbonyl (C=O) groups excluding carboxylic acids is 2. The van der Waals surface area contributed by atoms with Crippen molar-refractivity contribution in [3.8, 4) is 11.5 Å². The molecule has 9 nitrogen and oxygen atoms in total. The number of methoxy groups -OCH3 is 3. The third-order valence-electron chi connectivity index (χ3n) is 6.39. The van der Waals surface area contributed by atoms with Gasteiger partial charge < -0.3 is 35.1 Å². The van der Waals surface area contributed by atoms with Crippen molar-refractivity contribution in [1.82, 2.24) is 5.32 Å². The van der Waals surface area contributed by atoms with E-state index in [9.17, 15) is 14.7 Å². The summed E-state index contributed by atoms with van der Waals surface area (Å²) in [7, 11) is 4.59. The second-order valence-corrected chi connectivity index (χ2v) is 9.61. The van der Waals surface area contributed by atoms with Gasteiger partial charge in [0.05, 0.1) is 33.4 Å². The van der Waals surface area contributed by atoms with Gasteiger partial charge in [0.25, 0.3) is 0 Å². The fourth-order valence-electron chi connectivity index (χ4n) is 3.96. The van der Waals surface area contributed by atoms with Crippen molar-refractivity contribution in [1.29, 1.82) is 0 Å². The van der Waals surface area contributed by atoms with Crippen LogP contribution in [0.25, 0.3) is 0 Å². The van der Waals surface area contributed by atoms with Crippen LogP contribution in [0, 0.1) is 17.8 Å². The quantitative estimate of drug-likeness (QED) is 0.203. The number of amides is 1. The summed E-state index contributed by atoms with van der Waals surface area (Å²) in [5.41, 5.74) is 7.49. The number of hydrogen-bond acceptors (Lipinski definition) is 8. The molecule has 1 amide bonds. The van der Waals surface area contributed by atoms with E-state index in [1.54, 1.807) is 21.1 Å². The summed E-state index contributed by atoms with van der Waals surface area (Å²) < 4.78 is 21.0. The van der Waals surface area contributed by atoms with E-state index in [1.165, 1.54) is 7.11 Å². The highest BCUT2D eigenvalue weighted by atomic mass is 16.5. The Labute approximate surface area is 216 Å². The molecule has 1 aromatic carbocycles. The number of nitrogens with one attached hydrogen (secondary N) is 1. The lowest BCUT2D eigenvalue weighted by molar-refractivity contribution is -0.140. The summed E-state index contributed by atoms with van der Waals surface area (Å²) in [6, 6.07) is 5.47.